The molecule has 1 aliphatic heterocycles. The van der Waals surface area contributed by atoms with Gasteiger partial charge in [-0.15, -0.1) is 0 Å². The van der Waals surface area contributed by atoms with Gasteiger partial charge < -0.3 is 40.7 Å². The van der Waals surface area contributed by atoms with Gasteiger partial charge in [-0.2, -0.15) is 0 Å². The van der Waals surface area contributed by atoms with Crippen LogP contribution in [0.4, 0.5) is 5.69 Å². The fourth-order valence-electron chi connectivity index (χ4n) is 5.51. The monoisotopic (exact) mass is 513 g/mol. The predicted molar refractivity (Wildman–Crippen MR) is 126 cm³/mol. The summed E-state index contributed by atoms with van der Waals surface area (Å²) in [6.45, 7) is 0.649. The molecule has 37 heavy (non-hydrogen) atoms. The lowest BCUT2D eigenvalue weighted by Gasteiger charge is -2.41. The van der Waals surface area contributed by atoms with Gasteiger partial charge in [0.2, 0.25) is 0 Å². The number of carbonyl (C=O) groups excluding carboxylic acids is 3. The second-order valence-corrected chi connectivity index (χ2v) is 9.80. The fraction of sp³-hybridized carbons (Fsp3) is 0.423. The first-order chi connectivity index (χ1) is 17.5. The third-order valence-corrected chi connectivity index (χ3v) is 7.51. The number of phenolic OH excluding ortho intramolecular Hbond substituents is 2. The lowest BCUT2D eigenvalue weighted by molar-refractivity contribution is -0.243. The van der Waals surface area contributed by atoms with Gasteiger partial charge in [0.15, 0.2) is 23.6 Å². The number of rotatable bonds is 4. The van der Waals surface area contributed by atoms with E-state index in [9.17, 15) is 39.9 Å². The van der Waals surface area contributed by atoms with Gasteiger partial charge in [0.25, 0.3) is 0 Å². The fourth-order valence-corrected chi connectivity index (χ4v) is 5.51. The number of nitrogen functional groups attached to an aromatic ring is 1. The zero-order valence-corrected chi connectivity index (χ0v) is 19.9. The standard InChI is InChI=1S/C26H27NO10/c1-10-14(29)5-6-17(36-10)37-15-8-26(35,16(30)9-28)7-12-19(15)25(34)21-20(23(12)32)22(31)11-3-2-4-13(27)18(11)24(21)33/h2-4,10,14-15,17,28-29,32,34-35H,5-9,27H2,1H3/t10-,14-,15-,17-,26-/m0/s1. The van der Waals surface area contributed by atoms with E-state index >= 15 is 0 Å². The molecule has 5 atom stereocenters. The van der Waals surface area contributed by atoms with Crippen molar-refractivity contribution in [3.8, 4) is 11.5 Å². The third-order valence-electron chi connectivity index (χ3n) is 7.51. The molecule has 1 saturated heterocycles. The van der Waals surface area contributed by atoms with Gasteiger partial charge >= 0.3 is 0 Å². The van der Waals surface area contributed by atoms with Crippen LogP contribution in [0.2, 0.25) is 0 Å². The smallest absolute Gasteiger partial charge is 0.200 e. The molecule has 0 unspecified atom stereocenters. The van der Waals surface area contributed by atoms with Crippen molar-refractivity contribution in [3.05, 3.63) is 51.6 Å². The van der Waals surface area contributed by atoms with E-state index in [-0.39, 0.29) is 34.4 Å². The summed E-state index contributed by atoms with van der Waals surface area (Å²) >= 11 is 0. The molecule has 1 heterocycles. The number of anilines is 1. The Hall–Kier alpha value is -3.35. The maximum atomic E-state index is 13.5. The Labute approximate surface area is 211 Å². The summed E-state index contributed by atoms with van der Waals surface area (Å²) in [5.74, 6) is -3.79. The number of ketones is 3. The molecule has 11 nitrogen and oxygen atoms in total. The molecule has 5 rings (SSSR count). The third kappa shape index (κ3) is 3.82. The molecule has 2 aliphatic carbocycles. The topological polar surface area (TPSA) is 197 Å². The zero-order chi connectivity index (χ0) is 26.8. The van der Waals surface area contributed by atoms with Crippen molar-refractivity contribution in [2.45, 2.75) is 62.8 Å². The molecule has 0 saturated carbocycles. The van der Waals surface area contributed by atoms with Crippen molar-refractivity contribution in [2.24, 2.45) is 0 Å². The average Bonchev–Trinajstić information content (AvgIpc) is 2.86. The number of aromatic hydroxyl groups is 2. The van der Waals surface area contributed by atoms with Crippen LogP contribution < -0.4 is 5.73 Å². The van der Waals surface area contributed by atoms with Crippen molar-refractivity contribution >= 4 is 23.0 Å². The van der Waals surface area contributed by atoms with Crippen molar-refractivity contribution < 1.29 is 49.4 Å². The van der Waals surface area contributed by atoms with Crippen LogP contribution in [0.3, 0.4) is 0 Å². The van der Waals surface area contributed by atoms with E-state index in [1.54, 1.807) is 6.92 Å². The first kappa shape index (κ1) is 25.3. The van der Waals surface area contributed by atoms with Crippen LogP contribution in [0.1, 0.15) is 75.3 Å². The number of phenols is 2. The van der Waals surface area contributed by atoms with Crippen molar-refractivity contribution in [2.75, 3.05) is 12.3 Å². The minimum atomic E-state index is -2.20. The van der Waals surface area contributed by atoms with Gasteiger partial charge in [-0.05, 0) is 19.4 Å². The van der Waals surface area contributed by atoms with Gasteiger partial charge in [-0.1, -0.05) is 12.1 Å². The van der Waals surface area contributed by atoms with Gasteiger partial charge in [0, 0.05) is 41.6 Å². The van der Waals surface area contributed by atoms with Crippen LogP contribution in [0.5, 0.6) is 11.5 Å². The van der Waals surface area contributed by atoms with Gasteiger partial charge in [0.1, 0.15) is 23.7 Å². The molecule has 0 radical (unpaired) electrons. The summed E-state index contributed by atoms with van der Waals surface area (Å²) < 4.78 is 11.7. The van der Waals surface area contributed by atoms with E-state index in [0.717, 1.165) is 0 Å². The normalized spacial score (nSPS) is 28.9. The molecule has 2 aromatic rings. The first-order valence-corrected chi connectivity index (χ1v) is 11.9. The number of ether oxygens (including phenoxy) is 2. The minimum absolute atomic E-state index is 0.0250. The molecule has 7 N–H and O–H groups in total. The highest BCUT2D eigenvalue weighted by Crippen LogP contribution is 2.52. The van der Waals surface area contributed by atoms with Crippen LogP contribution in [0.15, 0.2) is 18.2 Å². The molecule has 2 aromatic carbocycles. The predicted octanol–water partition coefficient (Wildman–Crippen LogP) is 0.638. The Morgan fingerprint density at radius 1 is 1.14 bits per heavy atom. The molecule has 0 aromatic heterocycles. The van der Waals surface area contributed by atoms with Crippen molar-refractivity contribution in [1.82, 2.24) is 0 Å². The zero-order valence-electron chi connectivity index (χ0n) is 19.9. The maximum absolute atomic E-state index is 13.5. The molecular weight excluding hydrogens is 486 g/mol. The molecule has 0 bridgehead atoms. The lowest BCUT2D eigenvalue weighted by Crippen LogP contribution is -2.48. The summed E-state index contributed by atoms with van der Waals surface area (Å²) in [4.78, 5) is 39.4. The Bertz CT molecular complexity index is 1340. The molecular formula is C26H27NO10. The number of carbonyl (C=O) groups is 3. The maximum Gasteiger partial charge on any atom is 0.200 e. The summed E-state index contributed by atoms with van der Waals surface area (Å²) in [6.07, 6.45) is -3.85. The molecule has 3 aliphatic rings. The van der Waals surface area contributed by atoms with E-state index in [0.29, 0.717) is 6.42 Å². The Morgan fingerprint density at radius 3 is 2.51 bits per heavy atom. The number of hydrogen-bond donors (Lipinski definition) is 6. The number of hydrogen-bond acceptors (Lipinski definition) is 11. The van der Waals surface area contributed by atoms with E-state index in [1.807, 2.05) is 0 Å². The van der Waals surface area contributed by atoms with Gasteiger partial charge in [-0.3, -0.25) is 14.4 Å². The van der Waals surface area contributed by atoms with Gasteiger partial charge in [0.05, 0.1) is 35.0 Å². The Morgan fingerprint density at radius 2 is 1.84 bits per heavy atom. The Kier molecular flexibility index (Phi) is 6.08. The number of fused-ring (bicyclic) bond motifs is 3. The SMILES string of the molecule is C[C@@H]1O[C@@H](O[C@H]2C[C@](O)(C(=O)CO)Cc3c(O)c4c(c(O)c32)C(=O)c2c(N)cccc2C4=O)CC[C@@H]1O. The number of Topliss-reactive ketones (excluding diaryl/α,β-unsaturated/α-hetero) is 1. The molecule has 196 valence electrons. The molecule has 0 amide bonds. The lowest BCUT2D eigenvalue weighted by atomic mass is 9.72. The molecule has 11 heteroatoms. The van der Waals surface area contributed by atoms with E-state index < -0.39 is 89.6 Å². The first-order valence-electron chi connectivity index (χ1n) is 11.9. The number of aliphatic hydroxyl groups excluding tert-OH is 2. The minimum Gasteiger partial charge on any atom is -0.507 e. The second-order valence-electron chi connectivity index (χ2n) is 9.80. The summed E-state index contributed by atoms with van der Waals surface area (Å²) in [5.41, 5.74) is 2.48. The average molecular weight is 513 g/mol. The number of benzene rings is 2. The van der Waals surface area contributed by atoms with Crippen molar-refractivity contribution in [1.29, 1.82) is 0 Å². The quantitative estimate of drug-likeness (QED) is 0.211. The largest absolute Gasteiger partial charge is 0.507 e. The highest BCUT2D eigenvalue weighted by Gasteiger charge is 2.49. The van der Waals surface area contributed by atoms with E-state index in [1.165, 1.54) is 18.2 Å². The summed E-state index contributed by atoms with van der Waals surface area (Å²) in [6, 6.07) is 4.29. The van der Waals surface area contributed by atoms with Crippen LogP contribution >= 0.6 is 0 Å². The number of aliphatic hydroxyl groups is 3. The summed E-state index contributed by atoms with van der Waals surface area (Å²) in [7, 11) is 0. The highest BCUT2D eigenvalue weighted by molar-refractivity contribution is 6.32. The second kappa shape index (κ2) is 8.89. The van der Waals surface area contributed by atoms with Crippen LogP contribution in [-0.2, 0) is 20.7 Å². The van der Waals surface area contributed by atoms with Crippen LogP contribution in [0.25, 0.3) is 0 Å². The Balaban J connectivity index is 1.68. The summed E-state index contributed by atoms with van der Waals surface area (Å²) in [5, 5.41) is 53.2. The molecule has 1 fully saturated rings. The van der Waals surface area contributed by atoms with Gasteiger partial charge in [-0.25, -0.2) is 0 Å². The van der Waals surface area contributed by atoms with Crippen LogP contribution in [-0.4, -0.2) is 73.6 Å². The number of nitrogens with two attached hydrogens (primary N) is 1. The van der Waals surface area contributed by atoms with E-state index in [2.05, 4.69) is 0 Å². The molecule has 0 spiro atoms. The van der Waals surface area contributed by atoms with E-state index in [4.69, 9.17) is 15.2 Å². The highest BCUT2D eigenvalue weighted by atomic mass is 16.7. The van der Waals surface area contributed by atoms with Crippen molar-refractivity contribution in [3.63, 3.8) is 0 Å². The van der Waals surface area contributed by atoms with Crippen LogP contribution in [0, 0.1) is 0 Å².